The molecule has 1 N–H and O–H groups in total. The summed E-state index contributed by atoms with van der Waals surface area (Å²) in [5.41, 5.74) is 3.03. The van der Waals surface area contributed by atoms with Gasteiger partial charge in [-0.05, 0) is 36.5 Å². The Kier molecular flexibility index (Phi) is 4.93. The number of nitro benzene ring substituents is 1. The molecule has 0 heterocycles. The predicted octanol–water partition coefficient (Wildman–Crippen LogP) is 4.51. The van der Waals surface area contributed by atoms with Crippen molar-refractivity contribution in [3.63, 3.8) is 0 Å². The van der Waals surface area contributed by atoms with Crippen LogP contribution in [0.15, 0.2) is 48.5 Å². The second kappa shape index (κ2) is 6.88. The predicted molar refractivity (Wildman–Crippen MR) is 85.8 cm³/mol. The molecule has 1 unspecified atom stereocenters. The van der Waals surface area contributed by atoms with Crippen LogP contribution in [0.5, 0.6) is 0 Å². The molecule has 0 aliphatic heterocycles. The first-order chi connectivity index (χ1) is 10.1. The van der Waals surface area contributed by atoms with Crippen molar-refractivity contribution < 1.29 is 4.92 Å². The summed E-state index contributed by atoms with van der Waals surface area (Å²) < 4.78 is 0. The van der Waals surface area contributed by atoms with Crippen molar-refractivity contribution in [2.45, 2.75) is 26.2 Å². The van der Waals surface area contributed by atoms with Crippen LogP contribution in [0, 0.1) is 17.0 Å². The Labute approximate surface area is 125 Å². The second-order valence-corrected chi connectivity index (χ2v) is 5.30. The van der Waals surface area contributed by atoms with Crippen LogP contribution >= 0.6 is 0 Å². The Morgan fingerprint density at radius 2 is 1.90 bits per heavy atom. The van der Waals surface area contributed by atoms with Gasteiger partial charge in [0, 0.05) is 12.6 Å². The van der Waals surface area contributed by atoms with Crippen molar-refractivity contribution in [1.82, 2.24) is 0 Å². The number of nitrogens with zero attached hydrogens (tertiary/aromatic N) is 1. The average Bonchev–Trinajstić information content (AvgIpc) is 2.48. The van der Waals surface area contributed by atoms with Gasteiger partial charge in [-0.3, -0.25) is 10.1 Å². The van der Waals surface area contributed by atoms with Gasteiger partial charge in [0.15, 0.2) is 0 Å². The van der Waals surface area contributed by atoms with E-state index in [0.717, 1.165) is 12.0 Å². The molecule has 0 aromatic heterocycles. The molecule has 0 amide bonds. The second-order valence-electron chi connectivity index (χ2n) is 5.30. The van der Waals surface area contributed by atoms with Gasteiger partial charge in [-0.1, -0.05) is 43.3 Å². The first-order valence-corrected chi connectivity index (χ1v) is 7.12. The van der Waals surface area contributed by atoms with Crippen molar-refractivity contribution in [3.05, 3.63) is 69.8 Å². The minimum Gasteiger partial charge on any atom is -0.379 e. The van der Waals surface area contributed by atoms with Crippen LogP contribution < -0.4 is 5.32 Å². The lowest BCUT2D eigenvalue weighted by Gasteiger charge is -2.13. The number of benzene rings is 2. The maximum absolute atomic E-state index is 11.0. The molecule has 1 atom stereocenters. The van der Waals surface area contributed by atoms with E-state index in [2.05, 4.69) is 24.4 Å². The molecular weight excluding hydrogens is 264 g/mol. The summed E-state index contributed by atoms with van der Waals surface area (Å²) in [6, 6.07) is 15.4. The van der Waals surface area contributed by atoms with Crippen LogP contribution in [0.4, 0.5) is 11.4 Å². The molecule has 2 rings (SSSR count). The van der Waals surface area contributed by atoms with Crippen molar-refractivity contribution in [1.29, 1.82) is 0 Å². The fourth-order valence-electron chi connectivity index (χ4n) is 2.32. The van der Waals surface area contributed by atoms with E-state index in [1.54, 1.807) is 12.1 Å². The van der Waals surface area contributed by atoms with Crippen molar-refractivity contribution in [2.75, 3.05) is 11.9 Å². The zero-order valence-electron chi connectivity index (χ0n) is 12.4. The number of hydrogen-bond donors (Lipinski definition) is 1. The Morgan fingerprint density at radius 1 is 1.19 bits per heavy atom. The molecule has 21 heavy (non-hydrogen) atoms. The first-order valence-electron chi connectivity index (χ1n) is 7.12. The van der Waals surface area contributed by atoms with Gasteiger partial charge in [0.25, 0.3) is 5.69 Å². The van der Waals surface area contributed by atoms with E-state index in [0.29, 0.717) is 18.2 Å². The van der Waals surface area contributed by atoms with E-state index in [1.807, 2.05) is 31.2 Å². The molecule has 0 aliphatic carbocycles. The molecule has 4 nitrogen and oxygen atoms in total. The lowest BCUT2D eigenvalue weighted by molar-refractivity contribution is -0.384. The van der Waals surface area contributed by atoms with Crippen molar-refractivity contribution in [2.24, 2.45) is 0 Å². The monoisotopic (exact) mass is 284 g/mol. The van der Waals surface area contributed by atoms with Gasteiger partial charge in [-0.15, -0.1) is 0 Å². The lowest BCUT2D eigenvalue weighted by Crippen LogP contribution is -2.07. The molecule has 0 spiro atoms. The summed E-state index contributed by atoms with van der Waals surface area (Å²) in [5.74, 6) is 0.419. The molecule has 0 aliphatic rings. The highest BCUT2D eigenvalue weighted by molar-refractivity contribution is 5.62. The van der Waals surface area contributed by atoms with Gasteiger partial charge in [-0.2, -0.15) is 0 Å². The van der Waals surface area contributed by atoms with Crippen LogP contribution in [-0.4, -0.2) is 11.5 Å². The van der Waals surface area contributed by atoms with Crippen molar-refractivity contribution >= 4 is 11.4 Å². The number of rotatable bonds is 6. The highest BCUT2D eigenvalue weighted by Crippen LogP contribution is 2.26. The normalized spacial score (nSPS) is 11.9. The number of hydrogen-bond acceptors (Lipinski definition) is 3. The third kappa shape index (κ3) is 4.05. The highest BCUT2D eigenvalue weighted by atomic mass is 16.6. The first kappa shape index (κ1) is 15.0. The molecule has 0 bridgehead atoms. The van der Waals surface area contributed by atoms with Gasteiger partial charge in [0.1, 0.15) is 5.69 Å². The fourth-order valence-corrected chi connectivity index (χ4v) is 2.32. The fraction of sp³-hybridized carbons (Fsp3) is 0.294. The van der Waals surface area contributed by atoms with Gasteiger partial charge in [0.05, 0.1) is 4.92 Å². The maximum atomic E-state index is 11.0. The minimum atomic E-state index is -0.345. The standard InChI is InChI=1S/C17H20N2O2/c1-13-8-9-17(19(20)21)16(12-13)18-11-10-14(2)15-6-4-3-5-7-15/h3-9,12,14,18H,10-11H2,1-2H3. The van der Waals surface area contributed by atoms with E-state index in [4.69, 9.17) is 0 Å². The third-order valence-electron chi connectivity index (χ3n) is 3.61. The largest absolute Gasteiger partial charge is 0.379 e. The zero-order valence-corrected chi connectivity index (χ0v) is 12.4. The summed E-state index contributed by atoms with van der Waals surface area (Å²) in [7, 11) is 0. The van der Waals surface area contributed by atoms with Gasteiger partial charge >= 0.3 is 0 Å². The van der Waals surface area contributed by atoms with Gasteiger partial charge < -0.3 is 5.32 Å². The Bertz CT molecular complexity index is 611. The van der Waals surface area contributed by atoms with E-state index >= 15 is 0 Å². The van der Waals surface area contributed by atoms with Gasteiger partial charge in [0.2, 0.25) is 0 Å². The summed E-state index contributed by atoms with van der Waals surface area (Å²) in [6.07, 6.45) is 0.926. The van der Waals surface area contributed by atoms with Crippen LogP contribution in [0.3, 0.4) is 0 Å². The van der Waals surface area contributed by atoms with E-state index in [1.165, 1.54) is 5.56 Å². The van der Waals surface area contributed by atoms with Crippen LogP contribution in [-0.2, 0) is 0 Å². The number of nitrogens with one attached hydrogen (secondary N) is 1. The maximum Gasteiger partial charge on any atom is 0.292 e. The summed E-state index contributed by atoms with van der Waals surface area (Å²) in [6.45, 7) is 4.81. The highest BCUT2D eigenvalue weighted by Gasteiger charge is 2.13. The molecule has 0 saturated heterocycles. The minimum absolute atomic E-state index is 0.132. The topological polar surface area (TPSA) is 55.2 Å². The SMILES string of the molecule is Cc1ccc([N+](=O)[O-])c(NCCC(C)c2ccccc2)c1. The van der Waals surface area contributed by atoms with Crippen LogP contribution in [0.2, 0.25) is 0 Å². The molecule has 0 radical (unpaired) electrons. The average molecular weight is 284 g/mol. The molecule has 4 heteroatoms. The molecule has 0 saturated carbocycles. The molecule has 2 aromatic rings. The Balaban J connectivity index is 1.97. The molecule has 0 fully saturated rings. The van der Waals surface area contributed by atoms with Crippen molar-refractivity contribution in [3.8, 4) is 0 Å². The number of anilines is 1. The third-order valence-corrected chi connectivity index (χ3v) is 3.61. The van der Waals surface area contributed by atoms with E-state index < -0.39 is 0 Å². The molecular formula is C17H20N2O2. The summed E-state index contributed by atoms with van der Waals surface area (Å²) in [4.78, 5) is 10.7. The Morgan fingerprint density at radius 3 is 2.57 bits per heavy atom. The van der Waals surface area contributed by atoms with E-state index in [-0.39, 0.29) is 10.6 Å². The quantitative estimate of drug-likeness (QED) is 0.627. The molecule has 2 aromatic carbocycles. The molecule has 110 valence electrons. The number of aryl methyl sites for hydroxylation is 1. The summed E-state index contributed by atoms with van der Waals surface area (Å²) >= 11 is 0. The van der Waals surface area contributed by atoms with Crippen LogP contribution in [0.1, 0.15) is 30.4 Å². The summed E-state index contributed by atoms with van der Waals surface area (Å²) in [5, 5.41) is 14.2. The lowest BCUT2D eigenvalue weighted by atomic mass is 9.98. The smallest absolute Gasteiger partial charge is 0.292 e. The van der Waals surface area contributed by atoms with Crippen LogP contribution in [0.25, 0.3) is 0 Å². The Hall–Kier alpha value is -2.36. The van der Waals surface area contributed by atoms with Gasteiger partial charge in [-0.25, -0.2) is 0 Å². The number of nitro groups is 1. The zero-order chi connectivity index (χ0) is 15.2. The van der Waals surface area contributed by atoms with E-state index in [9.17, 15) is 10.1 Å².